The molecule has 0 saturated carbocycles. The van der Waals surface area contributed by atoms with E-state index in [1.54, 1.807) is 0 Å². The Hall–Kier alpha value is -0.200. The van der Waals surface area contributed by atoms with Crippen LogP contribution in [0.2, 0.25) is 0 Å². The molecule has 0 amide bonds. The van der Waals surface area contributed by atoms with Gasteiger partial charge in [0, 0.05) is 0 Å². The van der Waals surface area contributed by atoms with Gasteiger partial charge in [-0.2, -0.15) is 0 Å². The molecule has 64 valence electrons. The van der Waals surface area contributed by atoms with Crippen LogP contribution in [-0.2, 0) is 9.47 Å². The maximum absolute atomic E-state index is 9.28. The number of hydrogen-bond acceptors (Lipinski definition) is 5. The standard InChI is InChI=1S/C6H10O5/c7-3-2-1-10-5(3)4(8)6(9)11-2/h2-9H,1H2/t2?,3-,4?,5+,6+/m1/s1. The van der Waals surface area contributed by atoms with Gasteiger partial charge in [0.05, 0.1) is 6.61 Å². The zero-order valence-corrected chi connectivity index (χ0v) is 5.75. The van der Waals surface area contributed by atoms with E-state index in [-0.39, 0.29) is 6.61 Å². The number of hydrogen-bond donors (Lipinski definition) is 3. The quantitative estimate of drug-likeness (QED) is 0.377. The molecule has 5 heteroatoms. The monoisotopic (exact) mass is 162 g/mol. The summed E-state index contributed by atoms with van der Waals surface area (Å²) in [6, 6.07) is 0. The van der Waals surface area contributed by atoms with Crippen molar-refractivity contribution in [3.05, 3.63) is 0 Å². The first-order chi connectivity index (χ1) is 5.20. The minimum Gasteiger partial charge on any atom is -0.387 e. The van der Waals surface area contributed by atoms with Crippen LogP contribution in [0.4, 0.5) is 0 Å². The molecule has 0 radical (unpaired) electrons. The third kappa shape index (κ3) is 0.969. The molecule has 0 aromatic rings. The molecule has 0 aromatic heterocycles. The van der Waals surface area contributed by atoms with Crippen molar-refractivity contribution in [1.29, 1.82) is 0 Å². The Morgan fingerprint density at radius 1 is 1.09 bits per heavy atom. The van der Waals surface area contributed by atoms with Gasteiger partial charge in [-0.05, 0) is 0 Å². The molecule has 5 nitrogen and oxygen atoms in total. The van der Waals surface area contributed by atoms with Gasteiger partial charge in [-0.25, -0.2) is 0 Å². The van der Waals surface area contributed by atoms with Crippen LogP contribution in [0.15, 0.2) is 0 Å². The number of rotatable bonds is 0. The highest BCUT2D eigenvalue weighted by Gasteiger charge is 2.49. The molecule has 5 atom stereocenters. The maximum atomic E-state index is 9.28. The highest BCUT2D eigenvalue weighted by atomic mass is 16.7. The Kier molecular flexibility index (Phi) is 1.62. The van der Waals surface area contributed by atoms with E-state index in [0.717, 1.165) is 0 Å². The van der Waals surface area contributed by atoms with Crippen LogP contribution in [0.5, 0.6) is 0 Å². The summed E-state index contributed by atoms with van der Waals surface area (Å²) in [5.74, 6) is 0. The van der Waals surface area contributed by atoms with Gasteiger partial charge in [0.1, 0.15) is 24.4 Å². The summed E-state index contributed by atoms with van der Waals surface area (Å²) < 4.78 is 9.82. The molecule has 2 aliphatic rings. The van der Waals surface area contributed by atoms with E-state index < -0.39 is 30.7 Å². The molecule has 0 spiro atoms. The van der Waals surface area contributed by atoms with Crippen molar-refractivity contribution < 1.29 is 24.8 Å². The smallest absolute Gasteiger partial charge is 0.184 e. The van der Waals surface area contributed by atoms with Crippen LogP contribution < -0.4 is 0 Å². The van der Waals surface area contributed by atoms with Gasteiger partial charge in [-0.1, -0.05) is 0 Å². The fourth-order valence-corrected chi connectivity index (χ4v) is 1.46. The summed E-state index contributed by atoms with van der Waals surface area (Å²) in [6.07, 6.45) is -4.35. The third-order valence-corrected chi connectivity index (χ3v) is 2.11. The summed E-state index contributed by atoms with van der Waals surface area (Å²) in [5, 5.41) is 27.5. The summed E-state index contributed by atoms with van der Waals surface area (Å²) in [5.41, 5.74) is 0. The Morgan fingerprint density at radius 2 is 1.82 bits per heavy atom. The Morgan fingerprint density at radius 3 is 2.55 bits per heavy atom. The zero-order chi connectivity index (χ0) is 8.01. The number of ether oxygens (including phenoxy) is 2. The predicted octanol–water partition coefficient (Wildman–Crippen LogP) is -2.18. The van der Waals surface area contributed by atoms with Crippen LogP contribution in [0.25, 0.3) is 0 Å². The van der Waals surface area contributed by atoms with Crippen LogP contribution >= 0.6 is 0 Å². The first-order valence-corrected chi connectivity index (χ1v) is 3.51. The predicted molar refractivity (Wildman–Crippen MR) is 32.6 cm³/mol. The Labute approximate surface area is 63.2 Å². The topological polar surface area (TPSA) is 79.2 Å². The lowest BCUT2D eigenvalue weighted by Crippen LogP contribution is -2.52. The van der Waals surface area contributed by atoms with Crippen molar-refractivity contribution >= 4 is 0 Å². The molecule has 2 aliphatic heterocycles. The second-order valence-corrected chi connectivity index (χ2v) is 2.84. The van der Waals surface area contributed by atoms with Crippen molar-refractivity contribution in [2.45, 2.75) is 30.7 Å². The van der Waals surface area contributed by atoms with Gasteiger partial charge >= 0.3 is 0 Å². The van der Waals surface area contributed by atoms with Crippen molar-refractivity contribution in [1.82, 2.24) is 0 Å². The molecule has 2 rings (SSSR count). The molecule has 11 heavy (non-hydrogen) atoms. The molecule has 0 aliphatic carbocycles. The van der Waals surface area contributed by atoms with Crippen molar-refractivity contribution in [2.75, 3.05) is 6.61 Å². The molecule has 3 N–H and O–H groups in total. The average Bonchev–Trinajstić information content (AvgIpc) is 2.23. The van der Waals surface area contributed by atoms with Gasteiger partial charge in [0.25, 0.3) is 0 Å². The fourth-order valence-electron chi connectivity index (χ4n) is 1.46. The van der Waals surface area contributed by atoms with E-state index in [9.17, 15) is 10.2 Å². The fraction of sp³-hybridized carbons (Fsp3) is 1.00. The molecule has 2 saturated heterocycles. The van der Waals surface area contributed by atoms with E-state index in [2.05, 4.69) is 0 Å². The minimum atomic E-state index is -1.23. The minimum absolute atomic E-state index is 0.236. The second-order valence-electron chi connectivity index (χ2n) is 2.84. The molecular weight excluding hydrogens is 152 g/mol. The SMILES string of the molecule is OC1[C@H]2OCC(O[C@@H]1O)[C@H]2O. The molecule has 2 fully saturated rings. The van der Waals surface area contributed by atoms with E-state index in [4.69, 9.17) is 14.6 Å². The molecule has 2 heterocycles. The van der Waals surface area contributed by atoms with Crippen LogP contribution in [0.3, 0.4) is 0 Å². The molecule has 2 bridgehead atoms. The van der Waals surface area contributed by atoms with Crippen molar-refractivity contribution in [3.63, 3.8) is 0 Å². The summed E-state index contributed by atoms with van der Waals surface area (Å²) in [7, 11) is 0. The van der Waals surface area contributed by atoms with Crippen LogP contribution in [0, 0.1) is 0 Å². The number of aliphatic hydroxyl groups is 3. The van der Waals surface area contributed by atoms with Gasteiger partial charge in [0.2, 0.25) is 0 Å². The van der Waals surface area contributed by atoms with Gasteiger partial charge in [-0.3, -0.25) is 0 Å². The first-order valence-electron chi connectivity index (χ1n) is 3.51. The second kappa shape index (κ2) is 2.40. The third-order valence-electron chi connectivity index (χ3n) is 2.11. The molecule has 0 aromatic carbocycles. The Balaban J connectivity index is 2.16. The summed E-state index contributed by atoms with van der Waals surface area (Å²) >= 11 is 0. The van der Waals surface area contributed by atoms with E-state index in [1.165, 1.54) is 0 Å². The van der Waals surface area contributed by atoms with E-state index in [0.29, 0.717) is 0 Å². The lowest BCUT2D eigenvalue weighted by atomic mass is 10.0. The zero-order valence-electron chi connectivity index (χ0n) is 5.75. The summed E-state index contributed by atoms with van der Waals surface area (Å²) in [4.78, 5) is 0. The van der Waals surface area contributed by atoms with Crippen LogP contribution in [0.1, 0.15) is 0 Å². The average molecular weight is 162 g/mol. The first kappa shape index (κ1) is 7.45. The number of fused-ring (bicyclic) bond motifs is 2. The molecule has 2 unspecified atom stereocenters. The highest BCUT2D eigenvalue weighted by molar-refractivity contribution is 4.94. The summed E-state index contributed by atoms with van der Waals surface area (Å²) in [6.45, 7) is 0.236. The van der Waals surface area contributed by atoms with Crippen molar-refractivity contribution in [3.8, 4) is 0 Å². The van der Waals surface area contributed by atoms with E-state index in [1.807, 2.05) is 0 Å². The largest absolute Gasteiger partial charge is 0.387 e. The lowest BCUT2D eigenvalue weighted by Gasteiger charge is -2.31. The van der Waals surface area contributed by atoms with Crippen LogP contribution in [-0.4, -0.2) is 52.6 Å². The lowest BCUT2D eigenvalue weighted by molar-refractivity contribution is -0.242. The van der Waals surface area contributed by atoms with Gasteiger partial charge in [0.15, 0.2) is 6.29 Å². The number of aliphatic hydroxyl groups excluding tert-OH is 3. The molecular formula is C6H10O5. The highest BCUT2D eigenvalue weighted by Crippen LogP contribution is 2.28. The van der Waals surface area contributed by atoms with Gasteiger partial charge < -0.3 is 24.8 Å². The maximum Gasteiger partial charge on any atom is 0.184 e. The van der Waals surface area contributed by atoms with Crippen molar-refractivity contribution in [2.24, 2.45) is 0 Å². The Bertz CT molecular complexity index is 161. The van der Waals surface area contributed by atoms with Gasteiger partial charge in [-0.15, -0.1) is 0 Å². The normalized spacial score (nSPS) is 56.5. The van der Waals surface area contributed by atoms with E-state index >= 15 is 0 Å².